The molecule has 0 aliphatic rings. The molecule has 0 atom stereocenters. The van der Waals surface area contributed by atoms with Crippen molar-refractivity contribution >= 4 is 29.2 Å². The maximum absolute atomic E-state index is 11.2. The summed E-state index contributed by atoms with van der Waals surface area (Å²) in [6.07, 6.45) is 0. The first-order valence-electron chi connectivity index (χ1n) is 5.34. The second-order valence-corrected chi connectivity index (χ2v) is 3.61. The van der Waals surface area contributed by atoms with Crippen LogP contribution in [0, 0.1) is 0 Å². The van der Waals surface area contributed by atoms with Crippen molar-refractivity contribution in [3.63, 3.8) is 0 Å². The van der Waals surface area contributed by atoms with Crippen LogP contribution in [-0.2, 0) is 9.59 Å². The number of amides is 2. The third kappa shape index (κ3) is 4.37. The number of hydrogen-bond acceptors (Lipinski definition) is 5. The molecule has 0 fully saturated rings. The van der Waals surface area contributed by atoms with Crippen LogP contribution in [0.25, 0.3) is 0 Å². The van der Waals surface area contributed by atoms with E-state index in [-0.39, 0.29) is 30.0 Å². The molecule has 8 heteroatoms. The van der Waals surface area contributed by atoms with E-state index in [0.717, 1.165) is 0 Å². The van der Waals surface area contributed by atoms with Crippen LogP contribution in [0.15, 0.2) is 18.2 Å². The highest BCUT2D eigenvalue weighted by Gasteiger charge is 2.10. The molecule has 7 N–H and O–H groups in total. The van der Waals surface area contributed by atoms with Gasteiger partial charge in [-0.25, -0.2) is 4.79 Å². The number of carbonyl (C=O) groups excluding carboxylic acids is 2. The van der Waals surface area contributed by atoms with E-state index in [0.29, 0.717) is 0 Å². The Labute approximate surface area is 108 Å². The second-order valence-electron chi connectivity index (χ2n) is 3.61. The SMILES string of the molecule is NCC(=O)Nc1cc(NC(=O)CN)cc(C(=O)O)c1. The summed E-state index contributed by atoms with van der Waals surface area (Å²) in [7, 11) is 0. The third-order valence-electron chi connectivity index (χ3n) is 2.12. The number of aromatic carboxylic acids is 1. The molecule has 0 spiro atoms. The number of benzene rings is 1. The van der Waals surface area contributed by atoms with Crippen molar-refractivity contribution in [2.45, 2.75) is 0 Å². The Morgan fingerprint density at radius 3 is 1.68 bits per heavy atom. The van der Waals surface area contributed by atoms with Gasteiger partial charge in [0.1, 0.15) is 0 Å². The van der Waals surface area contributed by atoms with Gasteiger partial charge in [-0.3, -0.25) is 9.59 Å². The molecule has 0 unspecified atom stereocenters. The number of nitrogens with two attached hydrogens (primary N) is 2. The average molecular weight is 266 g/mol. The molecule has 0 aliphatic heterocycles. The van der Waals surface area contributed by atoms with Crippen LogP contribution in [0.2, 0.25) is 0 Å². The van der Waals surface area contributed by atoms with Gasteiger partial charge < -0.3 is 27.2 Å². The molecule has 19 heavy (non-hydrogen) atoms. The second kappa shape index (κ2) is 6.47. The molecule has 0 bridgehead atoms. The Morgan fingerprint density at radius 2 is 1.37 bits per heavy atom. The van der Waals surface area contributed by atoms with Crippen LogP contribution in [-0.4, -0.2) is 36.0 Å². The van der Waals surface area contributed by atoms with E-state index >= 15 is 0 Å². The van der Waals surface area contributed by atoms with E-state index < -0.39 is 17.8 Å². The fourth-order valence-corrected chi connectivity index (χ4v) is 1.32. The largest absolute Gasteiger partial charge is 0.478 e. The summed E-state index contributed by atoms with van der Waals surface area (Å²) in [6, 6.07) is 3.93. The van der Waals surface area contributed by atoms with E-state index in [2.05, 4.69) is 10.6 Å². The third-order valence-corrected chi connectivity index (χ3v) is 2.12. The summed E-state index contributed by atoms with van der Waals surface area (Å²) in [4.78, 5) is 33.3. The van der Waals surface area contributed by atoms with Crippen LogP contribution in [0.4, 0.5) is 11.4 Å². The molecule has 0 aromatic heterocycles. The zero-order valence-electron chi connectivity index (χ0n) is 9.97. The predicted octanol–water partition coefficient (Wildman–Crippen LogP) is -0.821. The van der Waals surface area contributed by atoms with Crippen LogP contribution in [0.3, 0.4) is 0 Å². The maximum atomic E-state index is 11.2. The van der Waals surface area contributed by atoms with Gasteiger partial charge in [0, 0.05) is 11.4 Å². The van der Waals surface area contributed by atoms with E-state index in [1.165, 1.54) is 18.2 Å². The zero-order chi connectivity index (χ0) is 14.4. The normalized spacial score (nSPS) is 9.79. The highest BCUT2D eigenvalue weighted by molar-refractivity contribution is 5.98. The first kappa shape index (κ1) is 14.6. The van der Waals surface area contributed by atoms with Crippen molar-refractivity contribution in [2.24, 2.45) is 11.5 Å². The van der Waals surface area contributed by atoms with Crippen LogP contribution in [0.1, 0.15) is 10.4 Å². The smallest absolute Gasteiger partial charge is 0.335 e. The molecule has 1 rings (SSSR count). The molecule has 0 heterocycles. The van der Waals surface area contributed by atoms with Gasteiger partial charge in [-0.05, 0) is 18.2 Å². The Hall–Kier alpha value is -2.45. The molecule has 1 aromatic carbocycles. The lowest BCUT2D eigenvalue weighted by molar-refractivity contribution is -0.115. The number of anilines is 2. The van der Waals surface area contributed by atoms with E-state index in [1.807, 2.05) is 0 Å². The summed E-state index contributed by atoms with van der Waals surface area (Å²) in [5.74, 6) is -2.13. The van der Waals surface area contributed by atoms with Gasteiger partial charge in [0.05, 0.1) is 18.7 Å². The molecule has 0 saturated carbocycles. The lowest BCUT2D eigenvalue weighted by Crippen LogP contribution is -2.23. The zero-order valence-corrected chi connectivity index (χ0v) is 9.97. The molecule has 0 saturated heterocycles. The van der Waals surface area contributed by atoms with E-state index in [4.69, 9.17) is 16.6 Å². The van der Waals surface area contributed by atoms with Crippen LogP contribution < -0.4 is 22.1 Å². The summed E-state index contributed by atoms with van der Waals surface area (Å²) in [5.41, 5.74) is 10.7. The predicted molar refractivity (Wildman–Crippen MR) is 68.8 cm³/mol. The van der Waals surface area contributed by atoms with Gasteiger partial charge in [-0.15, -0.1) is 0 Å². The molecule has 0 radical (unpaired) electrons. The summed E-state index contributed by atoms with van der Waals surface area (Å²) in [5, 5.41) is 13.8. The van der Waals surface area contributed by atoms with Crippen molar-refractivity contribution in [2.75, 3.05) is 23.7 Å². The molecule has 8 nitrogen and oxygen atoms in total. The average Bonchev–Trinajstić information content (AvgIpc) is 2.37. The standard InChI is InChI=1S/C11H14N4O4/c12-4-9(16)14-7-1-6(11(18)19)2-8(3-7)15-10(17)5-13/h1-3H,4-5,12-13H2,(H,14,16)(H,15,17)(H,18,19). The van der Waals surface area contributed by atoms with Crippen molar-refractivity contribution in [1.29, 1.82) is 0 Å². The number of rotatable bonds is 5. The lowest BCUT2D eigenvalue weighted by Gasteiger charge is -2.09. The highest BCUT2D eigenvalue weighted by Crippen LogP contribution is 2.19. The van der Waals surface area contributed by atoms with Crippen LogP contribution >= 0.6 is 0 Å². The first-order valence-corrected chi connectivity index (χ1v) is 5.34. The van der Waals surface area contributed by atoms with Gasteiger partial charge in [0.25, 0.3) is 0 Å². The lowest BCUT2D eigenvalue weighted by atomic mass is 10.1. The minimum Gasteiger partial charge on any atom is -0.478 e. The van der Waals surface area contributed by atoms with Gasteiger partial charge in [0.15, 0.2) is 0 Å². The number of nitrogens with one attached hydrogen (secondary N) is 2. The minimum atomic E-state index is -1.19. The highest BCUT2D eigenvalue weighted by atomic mass is 16.4. The summed E-state index contributed by atoms with van der Waals surface area (Å²) in [6.45, 7) is -0.469. The van der Waals surface area contributed by atoms with Gasteiger partial charge in [-0.1, -0.05) is 0 Å². The summed E-state index contributed by atoms with van der Waals surface area (Å²) < 4.78 is 0. The van der Waals surface area contributed by atoms with Crippen LogP contribution in [0.5, 0.6) is 0 Å². The Balaban J connectivity index is 3.06. The molecular formula is C11H14N4O4. The Kier molecular flexibility index (Phi) is 4.98. The molecular weight excluding hydrogens is 252 g/mol. The monoisotopic (exact) mass is 266 g/mol. The van der Waals surface area contributed by atoms with E-state index in [1.54, 1.807) is 0 Å². The molecule has 0 aliphatic carbocycles. The first-order chi connectivity index (χ1) is 8.96. The molecule has 2 amide bonds. The number of hydrogen-bond donors (Lipinski definition) is 5. The van der Waals surface area contributed by atoms with Gasteiger partial charge >= 0.3 is 5.97 Å². The van der Waals surface area contributed by atoms with Crippen molar-refractivity contribution in [1.82, 2.24) is 0 Å². The number of carboxylic acid groups (broad SMARTS) is 1. The molecule has 1 aromatic rings. The number of carboxylic acids is 1. The fraction of sp³-hybridized carbons (Fsp3) is 0.182. The van der Waals surface area contributed by atoms with Crippen molar-refractivity contribution in [3.05, 3.63) is 23.8 Å². The minimum absolute atomic E-state index is 0.0813. The Bertz CT molecular complexity index is 479. The summed E-state index contributed by atoms with van der Waals surface area (Å²) >= 11 is 0. The van der Waals surface area contributed by atoms with Crippen molar-refractivity contribution in [3.8, 4) is 0 Å². The molecule has 102 valence electrons. The van der Waals surface area contributed by atoms with Gasteiger partial charge in [0.2, 0.25) is 11.8 Å². The van der Waals surface area contributed by atoms with Gasteiger partial charge in [-0.2, -0.15) is 0 Å². The quantitative estimate of drug-likeness (QED) is 0.470. The maximum Gasteiger partial charge on any atom is 0.335 e. The topological polar surface area (TPSA) is 148 Å². The number of carbonyl (C=O) groups is 3. The van der Waals surface area contributed by atoms with Crippen molar-refractivity contribution < 1.29 is 19.5 Å². The Morgan fingerprint density at radius 1 is 0.947 bits per heavy atom. The van der Waals surface area contributed by atoms with E-state index in [9.17, 15) is 14.4 Å². The fourth-order valence-electron chi connectivity index (χ4n) is 1.32.